The zero-order chi connectivity index (χ0) is 20.2. The van der Waals surface area contributed by atoms with Crippen LogP contribution in [0.3, 0.4) is 0 Å². The summed E-state index contributed by atoms with van der Waals surface area (Å²) in [4.78, 5) is 19.2. The number of aromatic nitrogens is 2. The van der Waals surface area contributed by atoms with Crippen molar-refractivity contribution >= 4 is 11.7 Å². The molecule has 0 radical (unpaired) electrons. The van der Waals surface area contributed by atoms with Crippen molar-refractivity contribution in [3.05, 3.63) is 42.0 Å². The number of nitrogens with zero attached hydrogens (tertiary/aromatic N) is 5. The summed E-state index contributed by atoms with van der Waals surface area (Å²) in [5.41, 5.74) is 2.48. The van der Waals surface area contributed by atoms with Gasteiger partial charge in [-0.2, -0.15) is 0 Å². The number of carbonyl (C=O) groups excluding carboxylic acids is 1. The fourth-order valence-corrected chi connectivity index (χ4v) is 3.85. The number of amides is 1. The molecule has 1 amide bonds. The predicted molar refractivity (Wildman–Crippen MR) is 113 cm³/mol. The lowest BCUT2D eigenvalue weighted by Gasteiger charge is -2.37. The number of anilines is 1. The maximum absolute atomic E-state index is 12.6. The van der Waals surface area contributed by atoms with Gasteiger partial charge in [0.05, 0.1) is 18.9 Å². The van der Waals surface area contributed by atoms with E-state index in [2.05, 4.69) is 33.8 Å². The molecule has 1 aromatic heterocycles. The molecule has 2 saturated heterocycles. The number of rotatable bonds is 4. The molecule has 7 heteroatoms. The molecule has 0 saturated carbocycles. The highest BCUT2D eigenvalue weighted by molar-refractivity contribution is 5.94. The van der Waals surface area contributed by atoms with Crippen LogP contribution in [0.25, 0.3) is 11.3 Å². The maximum atomic E-state index is 12.6. The van der Waals surface area contributed by atoms with Crippen LogP contribution in [0.2, 0.25) is 0 Å². The van der Waals surface area contributed by atoms with E-state index in [1.165, 1.54) is 0 Å². The Bertz CT molecular complexity index is 808. The molecule has 3 heterocycles. The Morgan fingerprint density at radius 2 is 1.59 bits per heavy atom. The molecule has 2 aromatic rings. The Morgan fingerprint density at radius 1 is 0.897 bits per heavy atom. The first-order valence-electron chi connectivity index (χ1n) is 10.4. The summed E-state index contributed by atoms with van der Waals surface area (Å²) in [5.74, 6) is 0.984. The molecule has 0 spiro atoms. The van der Waals surface area contributed by atoms with Gasteiger partial charge in [0.15, 0.2) is 5.82 Å². The summed E-state index contributed by atoms with van der Waals surface area (Å²) in [7, 11) is 0. The molecule has 1 aromatic carbocycles. The van der Waals surface area contributed by atoms with Crippen molar-refractivity contribution in [1.82, 2.24) is 20.0 Å². The molecule has 0 bridgehead atoms. The van der Waals surface area contributed by atoms with Gasteiger partial charge in [0.25, 0.3) is 5.91 Å². The van der Waals surface area contributed by atoms with Crippen molar-refractivity contribution in [1.29, 1.82) is 0 Å². The van der Waals surface area contributed by atoms with Crippen molar-refractivity contribution in [2.24, 2.45) is 0 Å². The smallest absolute Gasteiger partial charge is 0.254 e. The quantitative estimate of drug-likeness (QED) is 0.791. The molecule has 7 nitrogen and oxygen atoms in total. The minimum atomic E-state index is 0.0572. The van der Waals surface area contributed by atoms with E-state index in [0.717, 1.165) is 43.3 Å². The second-order valence-electron chi connectivity index (χ2n) is 7.88. The lowest BCUT2D eigenvalue weighted by molar-refractivity contribution is 0.0303. The van der Waals surface area contributed by atoms with E-state index in [1.54, 1.807) is 0 Å². The number of hydrogen-bond acceptors (Lipinski definition) is 6. The normalized spacial score (nSPS) is 18.3. The van der Waals surface area contributed by atoms with Gasteiger partial charge < -0.3 is 14.5 Å². The van der Waals surface area contributed by atoms with Gasteiger partial charge in [-0.15, -0.1) is 10.2 Å². The van der Waals surface area contributed by atoms with Gasteiger partial charge in [-0.1, -0.05) is 12.1 Å². The van der Waals surface area contributed by atoms with Gasteiger partial charge >= 0.3 is 0 Å². The van der Waals surface area contributed by atoms with Crippen molar-refractivity contribution in [3.8, 4) is 11.3 Å². The van der Waals surface area contributed by atoms with E-state index >= 15 is 0 Å². The Balaban J connectivity index is 1.39. The molecule has 4 rings (SSSR count). The van der Waals surface area contributed by atoms with Gasteiger partial charge in [0.2, 0.25) is 0 Å². The third kappa shape index (κ3) is 4.57. The van der Waals surface area contributed by atoms with Crippen molar-refractivity contribution in [2.45, 2.75) is 19.9 Å². The van der Waals surface area contributed by atoms with Crippen molar-refractivity contribution < 1.29 is 9.53 Å². The number of ether oxygens (including phenoxy) is 1. The van der Waals surface area contributed by atoms with Crippen LogP contribution in [0.1, 0.15) is 24.2 Å². The van der Waals surface area contributed by atoms with Crippen molar-refractivity contribution in [3.63, 3.8) is 0 Å². The summed E-state index contributed by atoms with van der Waals surface area (Å²) in [6, 6.07) is 12.3. The Labute approximate surface area is 172 Å². The number of hydrogen-bond donors (Lipinski definition) is 0. The molecule has 154 valence electrons. The SMILES string of the molecule is CC(C)N1CCN(c2ccc(-c3ccc(C(=O)N4CCOCC4)cc3)nn2)CC1. The van der Waals surface area contributed by atoms with Crippen LogP contribution in [-0.4, -0.2) is 84.4 Å². The van der Waals surface area contributed by atoms with Crippen molar-refractivity contribution in [2.75, 3.05) is 57.4 Å². The first kappa shape index (κ1) is 19.8. The highest BCUT2D eigenvalue weighted by Gasteiger charge is 2.20. The zero-order valence-electron chi connectivity index (χ0n) is 17.3. The van der Waals surface area contributed by atoms with Crippen LogP contribution >= 0.6 is 0 Å². The van der Waals surface area contributed by atoms with Gasteiger partial charge in [0.1, 0.15) is 0 Å². The number of piperazine rings is 1. The topological polar surface area (TPSA) is 61.8 Å². The fourth-order valence-electron chi connectivity index (χ4n) is 3.85. The first-order valence-corrected chi connectivity index (χ1v) is 10.4. The summed E-state index contributed by atoms with van der Waals surface area (Å²) in [6.45, 7) is 11.1. The molecule has 2 aliphatic heterocycles. The van der Waals surface area contributed by atoms with E-state index in [4.69, 9.17) is 4.74 Å². The van der Waals surface area contributed by atoms with E-state index in [-0.39, 0.29) is 5.91 Å². The molecule has 0 aliphatic carbocycles. The molecular formula is C22H29N5O2. The van der Waals surface area contributed by atoms with Crippen LogP contribution in [0.15, 0.2) is 36.4 Å². The zero-order valence-corrected chi connectivity index (χ0v) is 17.3. The van der Waals surface area contributed by atoms with E-state index in [0.29, 0.717) is 37.9 Å². The second kappa shape index (κ2) is 8.88. The third-order valence-electron chi connectivity index (χ3n) is 5.74. The lowest BCUT2D eigenvalue weighted by Crippen LogP contribution is -2.49. The maximum Gasteiger partial charge on any atom is 0.254 e. The molecular weight excluding hydrogens is 366 g/mol. The summed E-state index contributed by atoms with van der Waals surface area (Å²) in [6.07, 6.45) is 0. The average molecular weight is 396 g/mol. The molecule has 0 unspecified atom stereocenters. The first-order chi connectivity index (χ1) is 14.1. The predicted octanol–water partition coefficient (Wildman–Crippen LogP) is 2.15. The van der Waals surface area contributed by atoms with Gasteiger partial charge in [0, 0.05) is 56.4 Å². The number of carbonyl (C=O) groups is 1. The molecule has 0 N–H and O–H groups in total. The number of morpholine rings is 1. The summed E-state index contributed by atoms with van der Waals surface area (Å²) in [5, 5.41) is 8.87. The Morgan fingerprint density at radius 3 is 2.17 bits per heavy atom. The average Bonchev–Trinajstić information content (AvgIpc) is 2.79. The highest BCUT2D eigenvalue weighted by atomic mass is 16.5. The standard InChI is InChI=1S/C22H29N5O2/c1-17(2)25-9-11-26(12-10-25)21-8-7-20(23-24-21)18-3-5-19(6-4-18)22(28)27-13-15-29-16-14-27/h3-8,17H,9-16H2,1-2H3. The van der Waals surface area contributed by atoms with Gasteiger partial charge in [-0.25, -0.2) is 0 Å². The van der Waals surface area contributed by atoms with Gasteiger partial charge in [-0.3, -0.25) is 9.69 Å². The number of benzene rings is 1. The summed E-state index contributed by atoms with van der Waals surface area (Å²) >= 11 is 0. The largest absolute Gasteiger partial charge is 0.378 e. The molecule has 29 heavy (non-hydrogen) atoms. The molecule has 0 atom stereocenters. The van der Waals surface area contributed by atoms with Crippen LogP contribution < -0.4 is 4.90 Å². The van der Waals surface area contributed by atoms with Crippen LogP contribution in [0.4, 0.5) is 5.82 Å². The minimum Gasteiger partial charge on any atom is -0.378 e. The summed E-state index contributed by atoms with van der Waals surface area (Å²) < 4.78 is 5.32. The van der Waals surface area contributed by atoms with Crippen LogP contribution in [-0.2, 0) is 4.74 Å². The minimum absolute atomic E-state index is 0.0572. The van der Waals surface area contributed by atoms with Crippen LogP contribution in [0.5, 0.6) is 0 Å². The molecule has 2 aliphatic rings. The third-order valence-corrected chi connectivity index (χ3v) is 5.74. The van der Waals surface area contributed by atoms with E-state index in [9.17, 15) is 4.79 Å². The van der Waals surface area contributed by atoms with E-state index in [1.807, 2.05) is 41.3 Å². The van der Waals surface area contributed by atoms with E-state index < -0.39 is 0 Å². The fraction of sp³-hybridized carbons (Fsp3) is 0.500. The Hall–Kier alpha value is -2.51. The van der Waals surface area contributed by atoms with Gasteiger partial charge in [-0.05, 0) is 38.1 Å². The lowest BCUT2D eigenvalue weighted by atomic mass is 10.1. The monoisotopic (exact) mass is 395 g/mol. The second-order valence-corrected chi connectivity index (χ2v) is 7.88. The van der Waals surface area contributed by atoms with Crippen LogP contribution in [0, 0.1) is 0 Å². The molecule has 2 fully saturated rings. The Kier molecular flexibility index (Phi) is 6.06. The highest BCUT2D eigenvalue weighted by Crippen LogP contribution is 2.21.